The first-order valence-electron chi connectivity index (χ1n) is 8.46. The van der Waals surface area contributed by atoms with Gasteiger partial charge < -0.3 is 19.6 Å². The molecule has 0 fully saturated rings. The number of esters is 1. The highest BCUT2D eigenvalue weighted by molar-refractivity contribution is 6.08. The fourth-order valence-electron chi connectivity index (χ4n) is 2.93. The summed E-state index contributed by atoms with van der Waals surface area (Å²) in [6.07, 6.45) is 0.175. The lowest BCUT2D eigenvalue weighted by molar-refractivity contribution is -0.132. The Labute approximate surface area is 152 Å². The Morgan fingerprint density at radius 1 is 1.31 bits per heavy atom. The molecule has 7 heteroatoms. The van der Waals surface area contributed by atoms with Gasteiger partial charge in [0.05, 0.1) is 11.6 Å². The first-order valence-corrected chi connectivity index (χ1v) is 8.46. The Kier molecular flexibility index (Phi) is 6.15. The van der Waals surface area contributed by atoms with Crippen LogP contribution in [0.1, 0.15) is 31.9 Å². The van der Waals surface area contributed by atoms with Crippen molar-refractivity contribution in [3.63, 3.8) is 0 Å². The van der Waals surface area contributed by atoms with Crippen LogP contribution in [-0.2, 0) is 14.4 Å². The van der Waals surface area contributed by atoms with Crippen molar-refractivity contribution in [2.75, 3.05) is 27.2 Å². The lowest BCUT2D eigenvalue weighted by Gasteiger charge is -2.28. The van der Waals surface area contributed by atoms with Crippen LogP contribution >= 0.6 is 0 Å². The van der Waals surface area contributed by atoms with E-state index in [4.69, 9.17) is 4.74 Å². The van der Waals surface area contributed by atoms with Crippen LogP contribution in [0.2, 0.25) is 0 Å². The Bertz CT molecular complexity index is 754. The number of aliphatic hydroxyl groups is 1. The van der Waals surface area contributed by atoms with Crippen LogP contribution < -0.4 is 4.74 Å². The van der Waals surface area contributed by atoms with Crippen molar-refractivity contribution in [3.05, 3.63) is 41.2 Å². The molecule has 26 heavy (non-hydrogen) atoms. The maximum absolute atomic E-state index is 12.6. The number of hydrogen-bond donors (Lipinski definition) is 1. The highest BCUT2D eigenvalue weighted by Gasteiger charge is 2.42. The molecule has 1 amide bonds. The zero-order chi connectivity index (χ0) is 19.4. The van der Waals surface area contributed by atoms with Gasteiger partial charge in [0.2, 0.25) is 0 Å². The Hall–Kier alpha value is -2.67. The van der Waals surface area contributed by atoms with E-state index in [9.17, 15) is 19.5 Å². The maximum Gasteiger partial charge on any atom is 0.308 e. The van der Waals surface area contributed by atoms with Crippen molar-refractivity contribution in [1.82, 2.24) is 9.80 Å². The van der Waals surface area contributed by atoms with Gasteiger partial charge in [-0.2, -0.15) is 0 Å². The second-order valence-corrected chi connectivity index (χ2v) is 6.41. The first-order chi connectivity index (χ1) is 12.3. The monoisotopic (exact) mass is 360 g/mol. The average molecular weight is 360 g/mol. The number of ether oxygens (including phenoxy) is 1. The summed E-state index contributed by atoms with van der Waals surface area (Å²) >= 11 is 0. The Balaban J connectivity index is 2.48. The molecule has 1 heterocycles. The fourth-order valence-corrected chi connectivity index (χ4v) is 2.93. The topological polar surface area (TPSA) is 87.2 Å². The van der Waals surface area contributed by atoms with E-state index in [0.717, 1.165) is 0 Å². The van der Waals surface area contributed by atoms with Crippen LogP contribution in [-0.4, -0.2) is 59.8 Å². The number of ketones is 1. The Morgan fingerprint density at radius 2 is 2.00 bits per heavy atom. The molecule has 7 nitrogen and oxygen atoms in total. The number of aliphatic hydroxyl groups excluding tert-OH is 1. The van der Waals surface area contributed by atoms with Gasteiger partial charge in [0.1, 0.15) is 5.75 Å². The van der Waals surface area contributed by atoms with Crippen LogP contribution in [0.4, 0.5) is 0 Å². The first kappa shape index (κ1) is 19.7. The Morgan fingerprint density at radius 3 is 2.58 bits per heavy atom. The molecule has 1 aromatic carbocycles. The molecule has 0 saturated carbocycles. The summed E-state index contributed by atoms with van der Waals surface area (Å²) < 4.78 is 5.11. The number of benzene rings is 1. The van der Waals surface area contributed by atoms with E-state index in [1.807, 2.05) is 19.0 Å². The number of rotatable bonds is 7. The second-order valence-electron chi connectivity index (χ2n) is 6.41. The van der Waals surface area contributed by atoms with Gasteiger partial charge in [0.15, 0.2) is 11.5 Å². The van der Waals surface area contributed by atoms with Crippen LogP contribution in [0.25, 0.3) is 0 Å². The molecule has 1 aliphatic heterocycles. The molecule has 0 aliphatic carbocycles. The van der Waals surface area contributed by atoms with E-state index in [-0.39, 0.29) is 17.8 Å². The highest BCUT2D eigenvalue weighted by atomic mass is 16.5. The number of Topliss-reactive ketones (excluding diaryl/α,β-unsaturated/α-hetero) is 1. The minimum atomic E-state index is -0.703. The number of nitrogens with zero attached hydrogens (tertiary/aromatic N) is 2. The molecule has 0 bridgehead atoms. The third-order valence-electron chi connectivity index (χ3n) is 4.15. The van der Waals surface area contributed by atoms with E-state index >= 15 is 0 Å². The number of likely N-dealkylation sites (N-methyl/N-ethyl adjacent to an activating group) is 1. The summed E-state index contributed by atoms with van der Waals surface area (Å²) in [4.78, 5) is 39.6. The second kappa shape index (κ2) is 8.14. The van der Waals surface area contributed by atoms with E-state index in [1.165, 1.54) is 11.8 Å². The van der Waals surface area contributed by atoms with Gasteiger partial charge in [0.25, 0.3) is 5.91 Å². The van der Waals surface area contributed by atoms with Crippen molar-refractivity contribution < 1.29 is 24.2 Å². The van der Waals surface area contributed by atoms with Crippen LogP contribution in [0, 0.1) is 0 Å². The smallest absolute Gasteiger partial charge is 0.308 e. The average Bonchev–Trinajstić information content (AvgIpc) is 2.83. The molecule has 1 unspecified atom stereocenters. The van der Waals surface area contributed by atoms with Gasteiger partial charge in [-0.25, -0.2) is 0 Å². The molecule has 0 radical (unpaired) electrons. The van der Waals surface area contributed by atoms with Gasteiger partial charge in [-0.3, -0.25) is 14.4 Å². The maximum atomic E-state index is 12.6. The summed E-state index contributed by atoms with van der Waals surface area (Å²) in [7, 11) is 3.75. The third-order valence-corrected chi connectivity index (χ3v) is 4.15. The lowest BCUT2D eigenvalue weighted by atomic mass is 9.95. The quantitative estimate of drug-likeness (QED) is 0.590. The predicted octanol–water partition coefficient (Wildman–Crippen LogP) is 1.85. The molecular formula is C19H24N2O5. The third kappa shape index (κ3) is 4.11. The van der Waals surface area contributed by atoms with E-state index in [0.29, 0.717) is 24.4 Å². The molecular weight excluding hydrogens is 336 g/mol. The largest absolute Gasteiger partial charge is 0.503 e. The SMILES string of the molecule is CCC(=O)C1=C(O)C(=O)N(CCN(C)C)C1c1cccc(OC(C)=O)c1. The van der Waals surface area contributed by atoms with Crippen molar-refractivity contribution >= 4 is 17.7 Å². The lowest BCUT2D eigenvalue weighted by Crippen LogP contribution is -2.36. The van der Waals surface area contributed by atoms with E-state index in [2.05, 4.69) is 0 Å². The molecule has 1 aromatic rings. The molecule has 0 saturated heterocycles. The molecule has 0 spiro atoms. The minimum absolute atomic E-state index is 0.0937. The summed E-state index contributed by atoms with van der Waals surface area (Å²) in [6, 6.07) is 5.96. The van der Waals surface area contributed by atoms with Crippen molar-refractivity contribution in [2.24, 2.45) is 0 Å². The fraction of sp³-hybridized carbons (Fsp3) is 0.421. The molecule has 2 rings (SSSR count). The van der Waals surface area contributed by atoms with E-state index < -0.39 is 23.7 Å². The van der Waals surface area contributed by atoms with Crippen LogP contribution in [0.3, 0.4) is 0 Å². The number of carbonyl (C=O) groups excluding carboxylic acids is 3. The predicted molar refractivity (Wildman–Crippen MR) is 95.7 cm³/mol. The molecule has 1 atom stereocenters. The van der Waals surface area contributed by atoms with Crippen LogP contribution in [0.5, 0.6) is 5.75 Å². The molecule has 1 aliphatic rings. The van der Waals surface area contributed by atoms with Gasteiger partial charge in [-0.1, -0.05) is 19.1 Å². The van der Waals surface area contributed by atoms with Crippen molar-refractivity contribution in [1.29, 1.82) is 0 Å². The zero-order valence-electron chi connectivity index (χ0n) is 15.5. The van der Waals surface area contributed by atoms with Crippen LogP contribution in [0.15, 0.2) is 35.6 Å². The molecule has 140 valence electrons. The molecule has 1 N–H and O–H groups in total. The summed E-state index contributed by atoms with van der Waals surface area (Å²) in [5.74, 6) is -1.49. The zero-order valence-corrected chi connectivity index (χ0v) is 15.5. The van der Waals surface area contributed by atoms with Gasteiger partial charge >= 0.3 is 5.97 Å². The summed E-state index contributed by atoms with van der Waals surface area (Å²) in [5.41, 5.74) is 0.702. The highest BCUT2D eigenvalue weighted by Crippen LogP contribution is 2.38. The number of carbonyl (C=O) groups is 3. The standard InChI is InChI=1S/C19H24N2O5/c1-5-15(23)16-17(13-7-6-8-14(11-13)26-12(2)22)21(10-9-20(3)4)19(25)18(16)24/h6-8,11,17,24H,5,9-10H2,1-4H3. The minimum Gasteiger partial charge on any atom is -0.503 e. The number of amides is 1. The normalized spacial score (nSPS) is 17.2. The van der Waals surface area contributed by atoms with Gasteiger partial charge in [-0.15, -0.1) is 0 Å². The van der Waals surface area contributed by atoms with Crippen molar-refractivity contribution in [3.8, 4) is 5.75 Å². The van der Waals surface area contributed by atoms with E-state index in [1.54, 1.807) is 31.2 Å². The summed E-state index contributed by atoms with van der Waals surface area (Å²) in [5, 5.41) is 10.3. The van der Waals surface area contributed by atoms with Crippen molar-refractivity contribution in [2.45, 2.75) is 26.3 Å². The van der Waals surface area contributed by atoms with Gasteiger partial charge in [0, 0.05) is 26.4 Å². The summed E-state index contributed by atoms with van der Waals surface area (Å²) in [6.45, 7) is 3.90. The van der Waals surface area contributed by atoms with Gasteiger partial charge in [-0.05, 0) is 31.8 Å². The molecule has 0 aromatic heterocycles. The number of hydrogen-bond acceptors (Lipinski definition) is 6.